The number of hydrogen-bond donors (Lipinski definition) is 1. The van der Waals surface area contributed by atoms with Crippen molar-refractivity contribution in [2.75, 3.05) is 12.3 Å². The van der Waals surface area contributed by atoms with Crippen LogP contribution in [0.25, 0.3) is 0 Å². The maximum Gasteiger partial charge on any atom is 0.187 e. The monoisotopic (exact) mass is 260 g/mol. The smallest absolute Gasteiger partial charge is 0.187 e. The van der Waals surface area contributed by atoms with Gasteiger partial charge in [0.25, 0.3) is 0 Å². The molecule has 0 atom stereocenters. The van der Waals surface area contributed by atoms with E-state index in [-0.39, 0.29) is 0 Å². The van der Waals surface area contributed by atoms with E-state index in [9.17, 15) is 0 Å². The van der Waals surface area contributed by atoms with Gasteiger partial charge in [0.1, 0.15) is 0 Å². The fourth-order valence-corrected chi connectivity index (χ4v) is 2.20. The number of nitrogens with one attached hydrogen (secondary N) is 1. The van der Waals surface area contributed by atoms with Crippen LogP contribution >= 0.6 is 11.8 Å². The fraction of sp³-hybridized carbons (Fsp3) is 0.308. The standard InChI is InChI=1S/C13H16N4S/c1-6-16-13(17-7-1)18-10-2-5-15-11-12-3-8-14-9-4-12/h1,3-4,6-9,15H,2,5,10-11H2. The largest absolute Gasteiger partial charge is 0.313 e. The summed E-state index contributed by atoms with van der Waals surface area (Å²) in [4.78, 5) is 12.3. The van der Waals surface area contributed by atoms with E-state index in [4.69, 9.17) is 0 Å². The second-order valence-electron chi connectivity index (χ2n) is 3.77. The molecule has 18 heavy (non-hydrogen) atoms. The molecule has 2 aromatic rings. The highest BCUT2D eigenvalue weighted by Crippen LogP contribution is 2.11. The molecule has 0 amide bonds. The molecule has 0 aromatic carbocycles. The normalized spacial score (nSPS) is 10.4. The Kier molecular flexibility index (Phi) is 5.62. The summed E-state index contributed by atoms with van der Waals surface area (Å²) in [6.45, 7) is 1.90. The second-order valence-corrected chi connectivity index (χ2v) is 4.83. The van der Waals surface area contributed by atoms with Crippen LogP contribution in [-0.4, -0.2) is 27.2 Å². The van der Waals surface area contributed by atoms with E-state index in [2.05, 4.69) is 20.3 Å². The van der Waals surface area contributed by atoms with Gasteiger partial charge in [0.15, 0.2) is 5.16 Å². The minimum absolute atomic E-state index is 0.853. The van der Waals surface area contributed by atoms with Crippen molar-refractivity contribution in [1.82, 2.24) is 20.3 Å². The van der Waals surface area contributed by atoms with Crippen molar-refractivity contribution in [1.29, 1.82) is 0 Å². The van der Waals surface area contributed by atoms with Crippen molar-refractivity contribution in [3.05, 3.63) is 48.5 Å². The minimum atomic E-state index is 0.853. The molecule has 0 saturated heterocycles. The van der Waals surface area contributed by atoms with Gasteiger partial charge in [-0.1, -0.05) is 11.8 Å². The molecule has 4 nitrogen and oxygen atoms in total. The first-order chi connectivity index (χ1) is 8.95. The molecule has 0 aliphatic carbocycles. The fourth-order valence-electron chi connectivity index (χ4n) is 1.45. The third kappa shape index (κ3) is 4.81. The lowest BCUT2D eigenvalue weighted by molar-refractivity contribution is 0.678. The minimum Gasteiger partial charge on any atom is -0.313 e. The van der Waals surface area contributed by atoms with Gasteiger partial charge in [0.2, 0.25) is 0 Å². The number of hydrogen-bond acceptors (Lipinski definition) is 5. The van der Waals surface area contributed by atoms with E-state index < -0.39 is 0 Å². The van der Waals surface area contributed by atoms with Crippen molar-refractivity contribution in [2.24, 2.45) is 0 Å². The van der Waals surface area contributed by atoms with Gasteiger partial charge in [-0.15, -0.1) is 0 Å². The molecule has 94 valence electrons. The highest BCUT2D eigenvalue weighted by atomic mass is 32.2. The molecule has 2 rings (SSSR count). The number of aromatic nitrogens is 3. The molecule has 0 fully saturated rings. The SMILES string of the molecule is c1cnc(SCCCNCc2ccncc2)nc1. The molecule has 0 aliphatic heterocycles. The summed E-state index contributed by atoms with van der Waals surface area (Å²) in [5.41, 5.74) is 1.27. The van der Waals surface area contributed by atoms with Crippen molar-refractivity contribution in [3.63, 3.8) is 0 Å². The van der Waals surface area contributed by atoms with Crippen LogP contribution in [0, 0.1) is 0 Å². The summed E-state index contributed by atoms with van der Waals surface area (Å²) in [5.74, 6) is 1.04. The topological polar surface area (TPSA) is 50.7 Å². The molecule has 0 aliphatic rings. The Balaban J connectivity index is 1.54. The van der Waals surface area contributed by atoms with Crippen LogP contribution < -0.4 is 5.32 Å². The first-order valence-electron chi connectivity index (χ1n) is 5.94. The maximum absolute atomic E-state index is 4.17. The van der Waals surface area contributed by atoms with Gasteiger partial charge in [-0.3, -0.25) is 4.98 Å². The Hall–Kier alpha value is -1.46. The summed E-state index contributed by atoms with van der Waals surface area (Å²) in [6.07, 6.45) is 8.29. The van der Waals surface area contributed by atoms with E-state index in [1.807, 2.05) is 30.6 Å². The van der Waals surface area contributed by atoms with Crippen molar-refractivity contribution < 1.29 is 0 Å². The predicted molar refractivity (Wildman–Crippen MR) is 73.3 cm³/mol. The van der Waals surface area contributed by atoms with Crippen LogP contribution in [-0.2, 0) is 6.54 Å². The predicted octanol–water partition coefficient (Wildman–Crippen LogP) is 2.14. The van der Waals surface area contributed by atoms with Gasteiger partial charge in [-0.25, -0.2) is 9.97 Å². The Bertz CT molecular complexity index is 392. The van der Waals surface area contributed by atoms with Gasteiger partial charge < -0.3 is 5.32 Å². The maximum atomic E-state index is 4.17. The van der Waals surface area contributed by atoms with E-state index in [0.717, 1.165) is 30.4 Å². The first-order valence-corrected chi connectivity index (χ1v) is 6.93. The molecule has 1 N–H and O–H groups in total. The van der Waals surface area contributed by atoms with Crippen molar-refractivity contribution in [3.8, 4) is 0 Å². The molecule has 0 saturated carbocycles. The highest BCUT2D eigenvalue weighted by molar-refractivity contribution is 7.99. The summed E-state index contributed by atoms with van der Waals surface area (Å²) in [7, 11) is 0. The number of thioether (sulfide) groups is 1. The third-order valence-electron chi connectivity index (χ3n) is 2.35. The lowest BCUT2D eigenvalue weighted by atomic mass is 10.3. The van der Waals surface area contributed by atoms with E-state index in [0.29, 0.717) is 0 Å². The Morgan fingerprint density at radius 3 is 2.61 bits per heavy atom. The van der Waals surface area contributed by atoms with E-state index in [1.54, 1.807) is 24.2 Å². The Morgan fingerprint density at radius 1 is 1.06 bits per heavy atom. The van der Waals surface area contributed by atoms with Crippen LogP contribution in [0.5, 0.6) is 0 Å². The number of nitrogens with zero attached hydrogens (tertiary/aromatic N) is 3. The summed E-state index contributed by atoms with van der Waals surface area (Å²) in [5, 5.41) is 4.26. The van der Waals surface area contributed by atoms with Crippen molar-refractivity contribution in [2.45, 2.75) is 18.1 Å². The summed E-state index contributed by atoms with van der Waals surface area (Å²) in [6, 6.07) is 5.89. The Morgan fingerprint density at radius 2 is 1.83 bits per heavy atom. The zero-order chi connectivity index (χ0) is 12.5. The molecule has 0 spiro atoms. The zero-order valence-electron chi connectivity index (χ0n) is 10.1. The van der Waals surface area contributed by atoms with Crippen molar-refractivity contribution >= 4 is 11.8 Å². The molecule has 2 aromatic heterocycles. The third-order valence-corrected chi connectivity index (χ3v) is 3.31. The Labute approximate surface area is 111 Å². The van der Waals surface area contributed by atoms with Gasteiger partial charge >= 0.3 is 0 Å². The van der Waals surface area contributed by atoms with Crippen LogP contribution in [0.1, 0.15) is 12.0 Å². The average molecular weight is 260 g/mol. The van der Waals surface area contributed by atoms with Crippen LogP contribution in [0.2, 0.25) is 0 Å². The van der Waals surface area contributed by atoms with Gasteiger partial charge in [0.05, 0.1) is 0 Å². The van der Waals surface area contributed by atoms with Crippen LogP contribution in [0.4, 0.5) is 0 Å². The lowest BCUT2D eigenvalue weighted by Crippen LogP contribution is -2.15. The van der Waals surface area contributed by atoms with Crippen LogP contribution in [0.15, 0.2) is 48.1 Å². The quantitative estimate of drug-likeness (QED) is 0.469. The molecule has 0 unspecified atom stereocenters. The molecule has 0 bridgehead atoms. The second kappa shape index (κ2) is 7.79. The molecule has 0 radical (unpaired) electrons. The number of rotatable bonds is 7. The van der Waals surface area contributed by atoms with Gasteiger partial charge in [-0.05, 0) is 36.7 Å². The molecule has 2 heterocycles. The van der Waals surface area contributed by atoms with E-state index in [1.165, 1.54) is 5.56 Å². The van der Waals surface area contributed by atoms with Gasteiger partial charge in [-0.2, -0.15) is 0 Å². The first kappa shape index (κ1) is 13.0. The lowest BCUT2D eigenvalue weighted by Gasteiger charge is -2.04. The molecular formula is C13H16N4S. The molecule has 5 heteroatoms. The number of pyridine rings is 1. The molecular weight excluding hydrogens is 244 g/mol. The van der Waals surface area contributed by atoms with Gasteiger partial charge in [0, 0.05) is 37.1 Å². The zero-order valence-corrected chi connectivity index (χ0v) is 10.9. The van der Waals surface area contributed by atoms with Crippen LogP contribution in [0.3, 0.4) is 0 Å². The summed E-state index contributed by atoms with van der Waals surface area (Å²) < 4.78 is 0. The highest BCUT2D eigenvalue weighted by Gasteiger charge is 1.95. The average Bonchev–Trinajstić information content (AvgIpc) is 2.45. The summed E-state index contributed by atoms with van der Waals surface area (Å²) >= 11 is 1.69. The van der Waals surface area contributed by atoms with E-state index >= 15 is 0 Å².